The van der Waals surface area contributed by atoms with Gasteiger partial charge in [0.25, 0.3) is 5.91 Å². The number of hydrogen-bond acceptors (Lipinski definition) is 3. The zero-order valence-corrected chi connectivity index (χ0v) is 13.9. The molecule has 1 amide bonds. The lowest BCUT2D eigenvalue weighted by Crippen LogP contribution is -2.17. The highest BCUT2D eigenvalue weighted by molar-refractivity contribution is 8.04. The van der Waals surface area contributed by atoms with Gasteiger partial charge in [-0.15, -0.1) is 0 Å². The van der Waals surface area contributed by atoms with Crippen LogP contribution in [-0.4, -0.2) is 12.5 Å². The van der Waals surface area contributed by atoms with E-state index in [1.165, 1.54) is 0 Å². The molecule has 0 saturated carbocycles. The van der Waals surface area contributed by atoms with Crippen LogP contribution < -0.4 is 10.1 Å². The molecule has 0 radical (unpaired) electrons. The minimum atomic E-state index is -2.25. The van der Waals surface area contributed by atoms with Gasteiger partial charge >= 0.3 is 0 Å². The number of rotatable bonds is 3. The molecule has 136 valence electrons. The number of nitrogens with one attached hydrogen (secondary N) is 1. The molecule has 1 N–H and O–H groups in total. The van der Waals surface area contributed by atoms with Gasteiger partial charge in [0.05, 0.1) is 22.8 Å². The Morgan fingerprint density at radius 2 is 1.65 bits per heavy atom. The van der Waals surface area contributed by atoms with Crippen molar-refractivity contribution >= 4 is 29.4 Å². The van der Waals surface area contributed by atoms with Crippen LogP contribution in [0, 0.1) is 29.1 Å². The van der Waals surface area contributed by atoms with Crippen LogP contribution in [-0.2, 0) is 4.79 Å². The summed E-state index contributed by atoms with van der Waals surface area (Å²) >= 11 is 0.830. The lowest BCUT2D eigenvalue weighted by atomic mass is 10.1. The molecule has 3 nitrogen and oxygen atoms in total. The van der Waals surface area contributed by atoms with Crippen LogP contribution in [0.4, 0.5) is 27.6 Å². The molecule has 0 unspecified atom stereocenters. The Kier molecular flexibility index (Phi) is 4.90. The van der Waals surface area contributed by atoms with E-state index < -0.39 is 40.6 Å². The molecule has 1 heterocycles. The quantitative estimate of drug-likeness (QED) is 0.354. The fourth-order valence-corrected chi connectivity index (χ4v) is 3.23. The largest absolute Gasteiger partial charge is 0.494 e. The van der Waals surface area contributed by atoms with Crippen molar-refractivity contribution in [3.63, 3.8) is 0 Å². The lowest BCUT2D eigenvalue weighted by Gasteiger charge is -2.19. The van der Waals surface area contributed by atoms with Gasteiger partial charge in [0.1, 0.15) is 5.75 Å². The standard InChI is InChI=1S/C17H10F5NO2S/c1-2-25-7-3-4-9-10(5-7)26-11(17(24)23-9)6-8-12(18)14(20)16(22)15(21)13(8)19/h3-6H,2H2,1H3,(H,23,24)/b11-6+. The monoisotopic (exact) mass is 387 g/mol. The zero-order valence-electron chi connectivity index (χ0n) is 13.1. The fraction of sp³-hybridized carbons (Fsp3) is 0.118. The second kappa shape index (κ2) is 6.99. The summed E-state index contributed by atoms with van der Waals surface area (Å²) in [6, 6.07) is 4.80. The third-order valence-electron chi connectivity index (χ3n) is 3.48. The summed E-state index contributed by atoms with van der Waals surface area (Å²) < 4.78 is 72.7. The second-order valence-electron chi connectivity index (χ2n) is 5.14. The number of halogens is 5. The first-order valence-corrected chi connectivity index (χ1v) is 8.14. The summed E-state index contributed by atoms with van der Waals surface area (Å²) in [5.74, 6) is -10.6. The molecule has 0 saturated heterocycles. The highest BCUT2D eigenvalue weighted by atomic mass is 32.2. The maximum absolute atomic E-state index is 13.8. The topological polar surface area (TPSA) is 38.3 Å². The summed E-state index contributed by atoms with van der Waals surface area (Å²) in [6.07, 6.45) is 0.632. The number of carbonyl (C=O) groups is 1. The number of hydrogen-bond donors (Lipinski definition) is 1. The van der Waals surface area contributed by atoms with Crippen molar-refractivity contribution in [3.05, 3.63) is 57.8 Å². The molecule has 26 heavy (non-hydrogen) atoms. The van der Waals surface area contributed by atoms with E-state index >= 15 is 0 Å². The van der Waals surface area contributed by atoms with Gasteiger partial charge in [0, 0.05) is 4.90 Å². The molecular weight excluding hydrogens is 377 g/mol. The average Bonchev–Trinajstić information content (AvgIpc) is 2.62. The minimum absolute atomic E-state index is 0.227. The smallest absolute Gasteiger partial charge is 0.262 e. The van der Waals surface area contributed by atoms with E-state index in [2.05, 4.69) is 5.32 Å². The summed E-state index contributed by atoms with van der Waals surface area (Å²) in [5, 5.41) is 2.49. The highest BCUT2D eigenvalue weighted by Crippen LogP contribution is 2.41. The predicted molar refractivity (Wildman–Crippen MR) is 86.3 cm³/mol. The molecule has 2 aromatic rings. The van der Waals surface area contributed by atoms with Gasteiger partial charge < -0.3 is 10.1 Å². The maximum Gasteiger partial charge on any atom is 0.262 e. The molecule has 2 aromatic carbocycles. The van der Waals surface area contributed by atoms with E-state index in [0.29, 0.717) is 29.0 Å². The first-order chi connectivity index (χ1) is 12.3. The summed E-state index contributed by atoms with van der Waals surface area (Å²) in [5.41, 5.74) is -0.735. The van der Waals surface area contributed by atoms with Crippen LogP contribution in [0.15, 0.2) is 28.0 Å². The molecule has 1 aliphatic rings. The van der Waals surface area contributed by atoms with E-state index in [1.807, 2.05) is 0 Å². The third-order valence-corrected chi connectivity index (χ3v) is 4.56. The normalized spacial score (nSPS) is 15.0. The molecule has 0 aromatic heterocycles. The number of amides is 1. The van der Waals surface area contributed by atoms with Gasteiger partial charge in [-0.05, 0) is 31.2 Å². The zero-order chi connectivity index (χ0) is 19.0. The molecule has 9 heteroatoms. The number of fused-ring (bicyclic) bond motifs is 1. The Labute approximate surface area is 148 Å². The van der Waals surface area contributed by atoms with Crippen LogP contribution >= 0.6 is 11.8 Å². The van der Waals surface area contributed by atoms with Gasteiger partial charge in [0.15, 0.2) is 23.3 Å². The molecule has 0 fully saturated rings. The summed E-state index contributed by atoms with van der Waals surface area (Å²) in [7, 11) is 0. The molecule has 0 bridgehead atoms. The number of ether oxygens (including phenoxy) is 1. The Hall–Kier alpha value is -2.55. The first-order valence-electron chi connectivity index (χ1n) is 7.32. The van der Waals surface area contributed by atoms with Crippen LogP contribution in [0.2, 0.25) is 0 Å². The van der Waals surface area contributed by atoms with Crippen molar-refractivity contribution in [2.45, 2.75) is 11.8 Å². The molecule has 1 aliphatic heterocycles. The Balaban J connectivity index is 2.06. The van der Waals surface area contributed by atoms with Gasteiger partial charge in [0.2, 0.25) is 5.82 Å². The van der Waals surface area contributed by atoms with Crippen LogP contribution in [0.3, 0.4) is 0 Å². The van der Waals surface area contributed by atoms with Crippen molar-refractivity contribution in [1.29, 1.82) is 0 Å². The second-order valence-corrected chi connectivity index (χ2v) is 6.22. The van der Waals surface area contributed by atoms with E-state index in [0.717, 1.165) is 11.8 Å². The Bertz CT molecular complexity index is 916. The van der Waals surface area contributed by atoms with Crippen LogP contribution in [0.1, 0.15) is 12.5 Å². The molecular formula is C17H10F5NO2S. The number of benzene rings is 2. The van der Waals surface area contributed by atoms with Gasteiger partial charge in [-0.1, -0.05) is 11.8 Å². The van der Waals surface area contributed by atoms with Crippen LogP contribution in [0.25, 0.3) is 6.08 Å². The number of thioether (sulfide) groups is 1. The number of carbonyl (C=O) groups excluding carboxylic acids is 1. The lowest BCUT2D eigenvalue weighted by molar-refractivity contribution is -0.112. The van der Waals surface area contributed by atoms with E-state index in [4.69, 9.17) is 4.74 Å². The van der Waals surface area contributed by atoms with Gasteiger partial charge in [-0.25, -0.2) is 22.0 Å². The fourth-order valence-electron chi connectivity index (χ4n) is 2.27. The minimum Gasteiger partial charge on any atom is -0.494 e. The predicted octanol–water partition coefficient (Wildman–Crippen LogP) is 4.87. The van der Waals surface area contributed by atoms with Crippen molar-refractivity contribution in [3.8, 4) is 5.75 Å². The first kappa shape index (κ1) is 18.2. The molecule has 0 atom stereocenters. The summed E-state index contributed by atoms with van der Waals surface area (Å²) in [4.78, 5) is 12.4. The summed E-state index contributed by atoms with van der Waals surface area (Å²) in [6.45, 7) is 2.19. The van der Waals surface area contributed by atoms with Crippen molar-refractivity contribution < 1.29 is 31.5 Å². The van der Waals surface area contributed by atoms with Crippen molar-refractivity contribution in [1.82, 2.24) is 0 Å². The molecule has 0 spiro atoms. The van der Waals surface area contributed by atoms with Crippen LogP contribution in [0.5, 0.6) is 5.75 Å². The van der Waals surface area contributed by atoms with E-state index in [1.54, 1.807) is 25.1 Å². The van der Waals surface area contributed by atoms with Crippen molar-refractivity contribution in [2.24, 2.45) is 0 Å². The average molecular weight is 387 g/mol. The molecule has 3 rings (SSSR count). The SMILES string of the molecule is CCOc1ccc2c(c1)S/C(=C/c1c(F)c(F)c(F)c(F)c1F)C(=O)N2. The van der Waals surface area contributed by atoms with Gasteiger partial charge in [-0.2, -0.15) is 0 Å². The van der Waals surface area contributed by atoms with E-state index in [-0.39, 0.29) is 4.91 Å². The van der Waals surface area contributed by atoms with Gasteiger partial charge in [-0.3, -0.25) is 4.79 Å². The molecule has 0 aliphatic carbocycles. The highest BCUT2D eigenvalue weighted by Gasteiger charge is 2.27. The van der Waals surface area contributed by atoms with E-state index in [9.17, 15) is 26.7 Å². The Morgan fingerprint density at radius 1 is 1.04 bits per heavy atom. The Morgan fingerprint density at radius 3 is 2.27 bits per heavy atom. The van der Waals surface area contributed by atoms with Crippen molar-refractivity contribution in [2.75, 3.05) is 11.9 Å². The third kappa shape index (κ3) is 3.14. The number of anilines is 1. The maximum atomic E-state index is 13.8.